The highest BCUT2D eigenvalue weighted by atomic mass is 16.5. The van der Waals surface area contributed by atoms with Crippen molar-refractivity contribution in [3.63, 3.8) is 0 Å². The monoisotopic (exact) mass is 510 g/mol. The maximum atomic E-state index is 13.1. The fraction of sp³-hybridized carbons (Fsp3) is 0.429. The first kappa shape index (κ1) is 29.8. The predicted molar refractivity (Wildman–Crippen MR) is 144 cm³/mol. The lowest BCUT2D eigenvalue weighted by Gasteiger charge is -2.22. The third-order valence-electron chi connectivity index (χ3n) is 5.69. The minimum absolute atomic E-state index is 0.00733. The van der Waals surface area contributed by atoms with Gasteiger partial charge in [0.1, 0.15) is 18.4 Å². The van der Waals surface area contributed by atoms with Gasteiger partial charge in [-0.2, -0.15) is 0 Å². The van der Waals surface area contributed by atoms with Crippen LogP contribution in [0.3, 0.4) is 0 Å². The van der Waals surface area contributed by atoms with Gasteiger partial charge >= 0.3 is 0 Å². The number of hydrogen-bond acceptors (Lipinski definition) is 6. The molecule has 3 amide bonds. The number of carbonyl (C=O) groups excluding carboxylic acids is 3. The van der Waals surface area contributed by atoms with E-state index in [1.807, 2.05) is 68.4 Å². The van der Waals surface area contributed by atoms with Crippen molar-refractivity contribution in [1.29, 1.82) is 0 Å². The normalized spacial score (nSPS) is 14.2. The lowest BCUT2D eigenvalue weighted by atomic mass is 10.0. The van der Waals surface area contributed by atoms with E-state index in [0.29, 0.717) is 25.4 Å². The number of rotatable bonds is 16. The average Bonchev–Trinajstić information content (AvgIpc) is 2.86. The first-order chi connectivity index (χ1) is 17.6. The van der Waals surface area contributed by atoms with E-state index in [0.717, 1.165) is 11.1 Å². The van der Waals surface area contributed by atoms with E-state index in [-0.39, 0.29) is 30.8 Å². The van der Waals surface area contributed by atoms with Gasteiger partial charge in [-0.3, -0.25) is 14.4 Å². The highest BCUT2D eigenvalue weighted by Gasteiger charge is 2.23. The SMILES string of the molecule is CC(N)CNCC(C)NC(=O)C(Cc1ccc(OCc2ccccc2)cc1)NC(=O)[CH]CC(C)C(N)=O. The van der Waals surface area contributed by atoms with Gasteiger partial charge in [-0.1, -0.05) is 49.4 Å². The first-order valence-corrected chi connectivity index (χ1v) is 12.6. The van der Waals surface area contributed by atoms with Crippen LogP contribution in [0.5, 0.6) is 5.75 Å². The summed E-state index contributed by atoms with van der Waals surface area (Å²) in [5.74, 6) is -0.984. The van der Waals surface area contributed by atoms with Crippen LogP contribution < -0.4 is 32.2 Å². The molecule has 201 valence electrons. The number of nitrogens with one attached hydrogen (secondary N) is 3. The van der Waals surface area contributed by atoms with Crippen LogP contribution in [0, 0.1) is 12.3 Å². The zero-order valence-electron chi connectivity index (χ0n) is 21.9. The summed E-state index contributed by atoms with van der Waals surface area (Å²) in [6.07, 6.45) is 1.83. The molecule has 0 aliphatic heterocycles. The lowest BCUT2D eigenvalue weighted by molar-refractivity contribution is -0.128. The van der Waals surface area contributed by atoms with Crippen LogP contribution >= 0.6 is 0 Å². The van der Waals surface area contributed by atoms with Gasteiger partial charge in [-0.25, -0.2) is 0 Å². The molecule has 1 radical (unpaired) electrons. The van der Waals surface area contributed by atoms with Crippen molar-refractivity contribution in [2.75, 3.05) is 13.1 Å². The smallest absolute Gasteiger partial charge is 0.243 e. The van der Waals surface area contributed by atoms with Gasteiger partial charge < -0.3 is 32.2 Å². The predicted octanol–water partition coefficient (Wildman–Crippen LogP) is 1.45. The number of nitrogens with two attached hydrogens (primary N) is 2. The molecule has 0 aliphatic rings. The van der Waals surface area contributed by atoms with E-state index in [1.165, 1.54) is 6.42 Å². The summed E-state index contributed by atoms with van der Waals surface area (Å²) < 4.78 is 5.84. The number of ether oxygens (including phenoxy) is 1. The largest absolute Gasteiger partial charge is 0.489 e. The van der Waals surface area contributed by atoms with Gasteiger partial charge in [0.15, 0.2) is 0 Å². The van der Waals surface area contributed by atoms with Crippen molar-refractivity contribution < 1.29 is 19.1 Å². The summed E-state index contributed by atoms with van der Waals surface area (Å²) in [5.41, 5.74) is 13.0. The van der Waals surface area contributed by atoms with Crippen molar-refractivity contribution in [2.24, 2.45) is 17.4 Å². The van der Waals surface area contributed by atoms with Crippen LogP contribution in [-0.2, 0) is 27.4 Å². The minimum atomic E-state index is -0.806. The second-order valence-corrected chi connectivity index (χ2v) is 9.47. The second-order valence-electron chi connectivity index (χ2n) is 9.47. The summed E-state index contributed by atoms with van der Waals surface area (Å²) >= 11 is 0. The number of benzene rings is 2. The summed E-state index contributed by atoms with van der Waals surface area (Å²) in [5, 5.41) is 8.91. The second kappa shape index (κ2) is 15.6. The molecule has 9 nitrogen and oxygen atoms in total. The maximum Gasteiger partial charge on any atom is 0.243 e. The van der Waals surface area contributed by atoms with Crippen molar-refractivity contribution in [3.8, 4) is 5.75 Å². The van der Waals surface area contributed by atoms with Crippen molar-refractivity contribution in [3.05, 3.63) is 72.1 Å². The molecule has 9 heteroatoms. The summed E-state index contributed by atoms with van der Waals surface area (Å²) in [7, 11) is 0. The van der Waals surface area contributed by atoms with Crippen molar-refractivity contribution in [1.82, 2.24) is 16.0 Å². The van der Waals surface area contributed by atoms with Gasteiger partial charge in [0.25, 0.3) is 0 Å². The third-order valence-corrected chi connectivity index (χ3v) is 5.69. The Bertz CT molecular complexity index is 982. The van der Waals surface area contributed by atoms with Gasteiger partial charge in [0.2, 0.25) is 17.7 Å². The zero-order chi connectivity index (χ0) is 27.2. The fourth-order valence-corrected chi connectivity index (χ4v) is 3.46. The Morgan fingerprint density at radius 2 is 1.59 bits per heavy atom. The first-order valence-electron chi connectivity index (χ1n) is 12.6. The molecule has 0 aliphatic carbocycles. The molecule has 4 unspecified atom stereocenters. The molecule has 7 N–H and O–H groups in total. The molecule has 0 saturated heterocycles. The quantitative estimate of drug-likeness (QED) is 0.231. The molecule has 0 saturated carbocycles. The number of hydrogen-bond donors (Lipinski definition) is 5. The molecule has 2 aromatic carbocycles. The van der Waals surface area contributed by atoms with Crippen LogP contribution in [0.1, 0.15) is 38.3 Å². The molecule has 0 spiro atoms. The van der Waals surface area contributed by atoms with Crippen LogP contribution in [0.4, 0.5) is 0 Å². The number of amides is 3. The fourth-order valence-electron chi connectivity index (χ4n) is 3.46. The Morgan fingerprint density at radius 3 is 2.22 bits per heavy atom. The number of primary amides is 1. The Balaban J connectivity index is 2.00. The molecule has 2 rings (SSSR count). The van der Waals surface area contributed by atoms with E-state index in [4.69, 9.17) is 16.2 Å². The van der Waals surface area contributed by atoms with Gasteiger partial charge in [-0.05, 0) is 43.5 Å². The highest BCUT2D eigenvalue weighted by molar-refractivity contribution is 5.92. The molecule has 37 heavy (non-hydrogen) atoms. The molecule has 4 atom stereocenters. The summed E-state index contributed by atoms with van der Waals surface area (Å²) in [4.78, 5) is 36.9. The van der Waals surface area contributed by atoms with Gasteiger partial charge in [-0.15, -0.1) is 0 Å². The van der Waals surface area contributed by atoms with E-state index in [9.17, 15) is 14.4 Å². The van der Waals surface area contributed by atoms with Crippen LogP contribution in [0.15, 0.2) is 54.6 Å². The average molecular weight is 511 g/mol. The van der Waals surface area contributed by atoms with E-state index < -0.39 is 23.8 Å². The molecule has 0 aromatic heterocycles. The standard InChI is InChI=1S/C28H40N5O4/c1-19(27(30)35)9-14-26(34)33-25(28(36)32-21(3)17-31-16-20(2)29)15-22-10-12-24(13-11-22)37-18-23-7-5-4-6-8-23/h4-8,10-14,19-21,25,31H,9,15-18,29H2,1-3H3,(H2,30,35)(H,32,36)(H,33,34). The maximum absolute atomic E-state index is 13.1. The summed E-state index contributed by atoms with van der Waals surface area (Å²) in [6, 6.07) is 16.3. The molecule has 2 aromatic rings. The van der Waals surface area contributed by atoms with Crippen LogP contribution in [-0.4, -0.2) is 48.9 Å². The zero-order valence-corrected chi connectivity index (χ0v) is 21.9. The molecular formula is C28H40N5O4. The van der Waals surface area contributed by atoms with Crippen molar-refractivity contribution >= 4 is 17.7 Å². The van der Waals surface area contributed by atoms with Crippen molar-refractivity contribution in [2.45, 2.75) is 58.3 Å². The summed E-state index contributed by atoms with van der Waals surface area (Å²) in [6.45, 7) is 7.06. The van der Waals surface area contributed by atoms with E-state index in [1.54, 1.807) is 6.92 Å². The molecular weight excluding hydrogens is 470 g/mol. The van der Waals surface area contributed by atoms with Crippen LogP contribution in [0.25, 0.3) is 0 Å². The van der Waals surface area contributed by atoms with Crippen LogP contribution in [0.2, 0.25) is 0 Å². The highest BCUT2D eigenvalue weighted by Crippen LogP contribution is 2.16. The lowest BCUT2D eigenvalue weighted by Crippen LogP contribution is -2.52. The van der Waals surface area contributed by atoms with Gasteiger partial charge in [0, 0.05) is 37.5 Å². The Hall–Kier alpha value is -3.43. The third kappa shape index (κ3) is 11.9. The molecule has 0 heterocycles. The topological polar surface area (TPSA) is 149 Å². The van der Waals surface area contributed by atoms with E-state index in [2.05, 4.69) is 16.0 Å². The molecule has 0 fully saturated rings. The minimum Gasteiger partial charge on any atom is -0.489 e. The Labute approximate surface area is 219 Å². The Kier molecular flexibility index (Phi) is 12.6. The Morgan fingerprint density at radius 1 is 0.919 bits per heavy atom. The van der Waals surface area contributed by atoms with E-state index >= 15 is 0 Å². The van der Waals surface area contributed by atoms with Gasteiger partial charge in [0.05, 0.1) is 6.42 Å². The molecule has 0 bridgehead atoms. The number of carbonyl (C=O) groups is 3.